The van der Waals surface area contributed by atoms with Crippen molar-refractivity contribution in [1.29, 1.82) is 0 Å². The van der Waals surface area contributed by atoms with E-state index in [2.05, 4.69) is 5.32 Å². The maximum Gasteiger partial charge on any atom is 0.292 e. The summed E-state index contributed by atoms with van der Waals surface area (Å²) in [6.45, 7) is 8.01. The molecular formula is C24H31N5O6. The molecule has 1 saturated carbocycles. The highest BCUT2D eigenvalue weighted by Crippen LogP contribution is 2.51. The zero-order valence-electron chi connectivity index (χ0n) is 20.3. The number of imide groups is 1. The smallest absolute Gasteiger partial charge is 0.292 e. The molecule has 0 bridgehead atoms. The average Bonchev–Trinajstić information content (AvgIpc) is 3.16. The standard InChI is InChI=1S/C24H31N5O6/c1-11-8-28-18-6-19(27-9-16-17(10-27)21(16)25)20(29(33)34)5-15(18)7-24(13(3)30,22(28)12(2)35-11)23(32)26-14(4)31/h5-6,11-12,16-17,21-22H,7-10,25H2,1-4H3,(H,26,31,32)/t11-,12+,16-,17+,21+,22-,24+/m1/s1. The van der Waals surface area contributed by atoms with Gasteiger partial charge < -0.3 is 20.3 Å². The average molecular weight is 486 g/mol. The van der Waals surface area contributed by atoms with Crippen molar-refractivity contribution < 1.29 is 24.0 Å². The normalized spacial score (nSPS) is 35.0. The van der Waals surface area contributed by atoms with Gasteiger partial charge in [0.25, 0.3) is 5.69 Å². The number of amides is 2. The summed E-state index contributed by atoms with van der Waals surface area (Å²) < 4.78 is 6.06. The fraction of sp³-hybridized carbons (Fsp3) is 0.625. The first-order chi connectivity index (χ1) is 16.5. The van der Waals surface area contributed by atoms with E-state index in [4.69, 9.17) is 10.5 Å². The zero-order chi connectivity index (χ0) is 25.4. The van der Waals surface area contributed by atoms with Crippen molar-refractivity contribution in [3.63, 3.8) is 0 Å². The van der Waals surface area contributed by atoms with Gasteiger partial charge >= 0.3 is 0 Å². The first-order valence-electron chi connectivity index (χ1n) is 12.0. The van der Waals surface area contributed by atoms with Crippen LogP contribution in [0.2, 0.25) is 0 Å². The van der Waals surface area contributed by atoms with Crippen LogP contribution in [0.4, 0.5) is 17.1 Å². The third-order valence-corrected chi connectivity index (χ3v) is 8.26. The Balaban J connectivity index is 1.66. The molecule has 3 aliphatic heterocycles. The quantitative estimate of drug-likeness (QED) is 0.358. The Morgan fingerprint density at radius 2 is 1.80 bits per heavy atom. The predicted octanol–water partition coefficient (Wildman–Crippen LogP) is 0.765. The molecule has 2 amide bonds. The number of carbonyl (C=O) groups excluding carboxylic acids is 3. The third kappa shape index (κ3) is 3.51. The summed E-state index contributed by atoms with van der Waals surface area (Å²) in [5, 5.41) is 14.4. The largest absolute Gasteiger partial charge is 0.372 e. The summed E-state index contributed by atoms with van der Waals surface area (Å²) in [6.07, 6.45) is -0.745. The van der Waals surface area contributed by atoms with Crippen LogP contribution in [0, 0.1) is 27.4 Å². The number of nitrogens with one attached hydrogen (secondary N) is 1. The second kappa shape index (κ2) is 7.99. The summed E-state index contributed by atoms with van der Waals surface area (Å²) in [5.74, 6) is -0.992. The Morgan fingerprint density at radius 1 is 1.14 bits per heavy atom. The molecule has 188 valence electrons. The molecule has 35 heavy (non-hydrogen) atoms. The van der Waals surface area contributed by atoms with Crippen LogP contribution in [0.15, 0.2) is 12.1 Å². The van der Waals surface area contributed by atoms with E-state index in [0.717, 1.165) is 5.69 Å². The van der Waals surface area contributed by atoms with Gasteiger partial charge in [-0.15, -0.1) is 0 Å². The van der Waals surface area contributed by atoms with E-state index in [1.54, 1.807) is 0 Å². The molecule has 1 aliphatic carbocycles. The number of hydrogen-bond donors (Lipinski definition) is 2. The van der Waals surface area contributed by atoms with Crippen LogP contribution >= 0.6 is 0 Å². The fourth-order valence-corrected chi connectivity index (χ4v) is 6.61. The number of nitrogens with two attached hydrogens (primary N) is 1. The number of fused-ring (bicyclic) bond motifs is 4. The van der Waals surface area contributed by atoms with Gasteiger partial charge in [0.05, 0.1) is 23.2 Å². The van der Waals surface area contributed by atoms with Crippen molar-refractivity contribution in [2.45, 2.75) is 58.4 Å². The second-order valence-electron chi connectivity index (χ2n) is 10.5. The van der Waals surface area contributed by atoms with E-state index in [9.17, 15) is 24.5 Å². The predicted molar refractivity (Wildman–Crippen MR) is 127 cm³/mol. The van der Waals surface area contributed by atoms with Crippen LogP contribution < -0.4 is 20.9 Å². The number of Topliss-reactive ketones (excluding diaryl/α,β-unsaturated/α-hetero) is 1. The summed E-state index contributed by atoms with van der Waals surface area (Å²) in [6, 6.07) is 2.81. The molecule has 5 rings (SSSR count). The number of hydrogen-bond acceptors (Lipinski definition) is 9. The molecule has 11 nitrogen and oxygen atoms in total. The third-order valence-electron chi connectivity index (χ3n) is 8.26. The highest BCUT2D eigenvalue weighted by Gasteiger charge is 2.60. The Morgan fingerprint density at radius 3 is 2.37 bits per heavy atom. The van der Waals surface area contributed by atoms with Crippen LogP contribution in [-0.4, -0.2) is 66.4 Å². The Bertz CT molecular complexity index is 1130. The van der Waals surface area contributed by atoms with Gasteiger partial charge in [0.1, 0.15) is 16.9 Å². The Labute approximate surface area is 203 Å². The van der Waals surface area contributed by atoms with Crippen molar-refractivity contribution in [2.24, 2.45) is 23.0 Å². The maximum atomic E-state index is 13.4. The van der Waals surface area contributed by atoms with Gasteiger partial charge in [0, 0.05) is 44.4 Å². The molecule has 0 unspecified atom stereocenters. The SMILES string of the molecule is CC(=O)NC(=O)[C@]1(C(C)=O)Cc2cc([N+](=O)[O-])c(N3C[C@@H]4[C@@H](N)[C@@H]4C3)cc2N2C[C@@H](C)O[C@@H](C)[C@@H]21. The molecule has 3 N–H and O–H groups in total. The lowest BCUT2D eigenvalue weighted by atomic mass is 9.65. The molecule has 0 radical (unpaired) electrons. The van der Waals surface area contributed by atoms with Crippen LogP contribution in [0.5, 0.6) is 0 Å². The topological polar surface area (TPSA) is 148 Å². The van der Waals surface area contributed by atoms with Gasteiger partial charge in [0.2, 0.25) is 11.8 Å². The lowest BCUT2D eigenvalue weighted by Gasteiger charge is -2.54. The van der Waals surface area contributed by atoms with Crippen molar-refractivity contribution in [3.8, 4) is 0 Å². The summed E-state index contributed by atoms with van der Waals surface area (Å²) in [7, 11) is 0. The minimum Gasteiger partial charge on any atom is -0.372 e. The molecular weight excluding hydrogens is 454 g/mol. The van der Waals surface area contributed by atoms with Crippen molar-refractivity contribution in [1.82, 2.24) is 5.32 Å². The summed E-state index contributed by atoms with van der Waals surface area (Å²) in [5.41, 5.74) is 6.22. The molecule has 0 spiro atoms. The summed E-state index contributed by atoms with van der Waals surface area (Å²) in [4.78, 5) is 54.1. The number of benzene rings is 1. The number of carbonyl (C=O) groups is 3. The molecule has 3 heterocycles. The van der Waals surface area contributed by atoms with E-state index < -0.39 is 40.1 Å². The lowest BCUT2D eigenvalue weighted by Crippen LogP contribution is -2.69. The second-order valence-corrected chi connectivity index (χ2v) is 10.5. The number of morpholine rings is 1. The van der Waals surface area contributed by atoms with Gasteiger partial charge in [-0.25, -0.2) is 0 Å². The van der Waals surface area contributed by atoms with Crippen LogP contribution in [0.1, 0.15) is 33.3 Å². The molecule has 4 aliphatic rings. The van der Waals surface area contributed by atoms with Gasteiger partial charge in [-0.1, -0.05) is 0 Å². The van der Waals surface area contributed by atoms with Crippen molar-refractivity contribution >= 4 is 34.7 Å². The molecule has 1 aromatic rings. The van der Waals surface area contributed by atoms with Crippen LogP contribution in [0.3, 0.4) is 0 Å². The first kappa shape index (κ1) is 23.7. The van der Waals surface area contributed by atoms with Gasteiger partial charge in [-0.05, 0) is 50.7 Å². The lowest BCUT2D eigenvalue weighted by molar-refractivity contribution is -0.384. The first-order valence-corrected chi connectivity index (χ1v) is 12.0. The fourth-order valence-electron chi connectivity index (χ4n) is 6.61. The highest BCUT2D eigenvalue weighted by molar-refractivity contribution is 6.12. The number of anilines is 2. The van der Waals surface area contributed by atoms with Crippen molar-refractivity contribution in [2.75, 3.05) is 29.4 Å². The number of nitrogens with zero attached hydrogens (tertiary/aromatic N) is 3. The molecule has 0 aromatic heterocycles. The van der Waals surface area contributed by atoms with E-state index in [1.165, 1.54) is 19.9 Å². The monoisotopic (exact) mass is 485 g/mol. The number of ketones is 1. The van der Waals surface area contributed by atoms with Crippen LogP contribution in [-0.2, 0) is 25.5 Å². The van der Waals surface area contributed by atoms with E-state index in [1.807, 2.05) is 29.7 Å². The van der Waals surface area contributed by atoms with Gasteiger partial charge in [-0.3, -0.25) is 29.8 Å². The zero-order valence-corrected chi connectivity index (χ0v) is 20.3. The number of nitro benzene ring substituents is 1. The van der Waals surface area contributed by atoms with Gasteiger partial charge in [0.15, 0.2) is 0 Å². The molecule has 7 atom stereocenters. The molecule has 11 heteroatoms. The van der Waals surface area contributed by atoms with E-state index in [-0.39, 0.29) is 24.3 Å². The number of ether oxygens (including phenoxy) is 1. The number of nitro groups is 1. The minimum atomic E-state index is -1.63. The number of rotatable bonds is 4. The molecule has 1 aromatic carbocycles. The number of piperidine rings is 1. The Hall–Kier alpha value is -3.05. The Kier molecular flexibility index (Phi) is 5.41. The highest BCUT2D eigenvalue weighted by atomic mass is 16.6. The van der Waals surface area contributed by atoms with Crippen molar-refractivity contribution in [3.05, 3.63) is 27.8 Å². The summed E-state index contributed by atoms with van der Waals surface area (Å²) >= 11 is 0. The molecule has 3 fully saturated rings. The van der Waals surface area contributed by atoms with Gasteiger partial charge in [-0.2, -0.15) is 0 Å². The molecule has 2 saturated heterocycles. The van der Waals surface area contributed by atoms with E-state index in [0.29, 0.717) is 42.7 Å². The van der Waals surface area contributed by atoms with Crippen LogP contribution in [0.25, 0.3) is 0 Å². The van der Waals surface area contributed by atoms with E-state index >= 15 is 0 Å². The minimum absolute atomic E-state index is 0.0583. The maximum absolute atomic E-state index is 13.4.